The number of allylic oxidation sites excluding steroid dienone is 22. The van der Waals surface area contributed by atoms with Gasteiger partial charge in [-0.2, -0.15) is 0 Å². The first-order valence-electron chi connectivity index (χ1n) is 25.7. The van der Waals surface area contributed by atoms with Crippen molar-refractivity contribution >= 4 is 11.9 Å². The fourth-order valence-corrected chi connectivity index (χ4v) is 6.39. The average molecular weight is 883 g/mol. The Bertz CT molecular complexity index is 1370. The maximum absolute atomic E-state index is 12.8. The molecule has 0 aromatic rings. The van der Waals surface area contributed by atoms with Gasteiger partial charge in [-0.25, -0.2) is 0 Å². The molecular weight excluding hydrogens is 789 g/mol. The van der Waals surface area contributed by atoms with Gasteiger partial charge in [0.2, 0.25) is 0 Å². The molecule has 5 heteroatoms. The first kappa shape index (κ1) is 60.0. The molecule has 0 bridgehead atoms. The van der Waals surface area contributed by atoms with Gasteiger partial charge in [-0.1, -0.05) is 193 Å². The molecule has 0 aliphatic carbocycles. The maximum Gasteiger partial charge on any atom is 0.306 e. The van der Waals surface area contributed by atoms with E-state index < -0.39 is 6.10 Å². The predicted octanol–water partition coefficient (Wildman–Crippen LogP) is 17.6. The number of hydrogen-bond acceptors (Lipinski definition) is 5. The lowest BCUT2D eigenvalue weighted by molar-refractivity contribution is -0.163. The molecule has 5 nitrogen and oxygen atoms in total. The van der Waals surface area contributed by atoms with E-state index in [9.17, 15) is 9.59 Å². The van der Waals surface area contributed by atoms with E-state index in [2.05, 4.69) is 154 Å². The van der Waals surface area contributed by atoms with Crippen molar-refractivity contribution in [3.05, 3.63) is 134 Å². The van der Waals surface area contributed by atoms with Crippen LogP contribution in [0.3, 0.4) is 0 Å². The van der Waals surface area contributed by atoms with E-state index >= 15 is 0 Å². The van der Waals surface area contributed by atoms with E-state index in [-0.39, 0.29) is 25.2 Å². The van der Waals surface area contributed by atoms with E-state index in [1.54, 1.807) is 0 Å². The van der Waals surface area contributed by atoms with Crippen molar-refractivity contribution in [1.82, 2.24) is 0 Å². The standard InChI is InChI=1S/C59H94O5/c1-4-7-10-13-16-19-22-25-27-29-31-33-36-39-42-45-48-51-54-62-55-57(64-59(61)53-50-47-44-41-38-34-24-21-18-15-12-9-6-3)56-63-58(60)52-49-46-43-40-37-35-32-30-28-26-23-20-17-14-11-8-5-2/h7-8,10-12,15-17,19-21,24-28,31-33,35,39,42,57H,4-6,9,13-14,18,22-23,29-30,34,36-38,40-41,43-56H2,1-3H3/b10-7-,11-8-,15-12-,19-16-,20-17-,24-21-,27-25-,28-26-,33-31-,35-32-,42-39-. The van der Waals surface area contributed by atoms with Crippen LogP contribution in [0.25, 0.3) is 0 Å². The largest absolute Gasteiger partial charge is 0.462 e. The van der Waals surface area contributed by atoms with Gasteiger partial charge in [-0.05, 0) is 128 Å². The van der Waals surface area contributed by atoms with Crippen LogP contribution < -0.4 is 0 Å². The summed E-state index contributed by atoms with van der Waals surface area (Å²) in [5.74, 6) is -0.477. The van der Waals surface area contributed by atoms with Gasteiger partial charge in [0, 0.05) is 19.4 Å². The number of ether oxygens (including phenoxy) is 3. The molecule has 0 aliphatic rings. The molecule has 0 saturated carbocycles. The van der Waals surface area contributed by atoms with Gasteiger partial charge in [0.1, 0.15) is 6.61 Å². The van der Waals surface area contributed by atoms with Gasteiger partial charge in [0.15, 0.2) is 6.10 Å². The zero-order valence-electron chi connectivity index (χ0n) is 41.2. The number of carbonyl (C=O) groups excluding carboxylic acids is 2. The molecule has 0 aromatic carbocycles. The van der Waals surface area contributed by atoms with Crippen LogP contribution in [0.4, 0.5) is 0 Å². The third kappa shape index (κ3) is 50.7. The first-order chi connectivity index (χ1) is 31.6. The average Bonchev–Trinajstić information content (AvgIpc) is 3.30. The molecule has 0 rings (SSSR count). The van der Waals surface area contributed by atoms with Crippen LogP contribution in [0.5, 0.6) is 0 Å². The van der Waals surface area contributed by atoms with Gasteiger partial charge < -0.3 is 14.2 Å². The lowest BCUT2D eigenvalue weighted by Crippen LogP contribution is -2.30. The molecule has 0 saturated heterocycles. The van der Waals surface area contributed by atoms with E-state index in [0.717, 1.165) is 148 Å². The van der Waals surface area contributed by atoms with Crippen LogP contribution in [0.1, 0.15) is 201 Å². The zero-order valence-corrected chi connectivity index (χ0v) is 41.2. The van der Waals surface area contributed by atoms with Gasteiger partial charge in [0.05, 0.1) is 6.61 Å². The van der Waals surface area contributed by atoms with Crippen LogP contribution in [-0.4, -0.2) is 37.9 Å². The molecule has 0 fully saturated rings. The Hall–Kier alpha value is -3.96. The molecule has 0 spiro atoms. The number of rotatable bonds is 45. The molecule has 0 aliphatic heterocycles. The second-order valence-electron chi connectivity index (χ2n) is 16.3. The minimum absolute atomic E-state index is 0.0400. The Labute approximate surface area is 394 Å². The summed E-state index contributed by atoms with van der Waals surface area (Å²) >= 11 is 0. The van der Waals surface area contributed by atoms with Gasteiger partial charge in [-0.3, -0.25) is 9.59 Å². The quantitative estimate of drug-likeness (QED) is 0.0346. The molecule has 1 atom stereocenters. The van der Waals surface area contributed by atoms with Crippen molar-refractivity contribution in [3.8, 4) is 0 Å². The Morgan fingerprint density at radius 1 is 0.359 bits per heavy atom. The highest BCUT2D eigenvalue weighted by Gasteiger charge is 2.17. The van der Waals surface area contributed by atoms with Crippen molar-refractivity contribution in [2.24, 2.45) is 0 Å². The third-order valence-corrected chi connectivity index (χ3v) is 10.1. The number of hydrogen-bond donors (Lipinski definition) is 0. The van der Waals surface area contributed by atoms with Crippen molar-refractivity contribution in [1.29, 1.82) is 0 Å². The van der Waals surface area contributed by atoms with Crippen LogP contribution >= 0.6 is 0 Å². The van der Waals surface area contributed by atoms with E-state index in [1.807, 2.05) is 0 Å². The fraction of sp³-hybridized carbons (Fsp3) is 0.593. The summed E-state index contributed by atoms with van der Waals surface area (Å²) in [7, 11) is 0. The molecule has 64 heavy (non-hydrogen) atoms. The third-order valence-electron chi connectivity index (χ3n) is 10.1. The highest BCUT2D eigenvalue weighted by molar-refractivity contribution is 5.70. The molecule has 360 valence electrons. The highest BCUT2D eigenvalue weighted by atomic mass is 16.6. The monoisotopic (exact) mass is 883 g/mol. The number of carbonyl (C=O) groups is 2. The Morgan fingerprint density at radius 2 is 0.703 bits per heavy atom. The minimum atomic E-state index is -0.586. The molecule has 0 aromatic heterocycles. The summed E-state index contributed by atoms with van der Waals surface area (Å²) < 4.78 is 17.3. The first-order valence-corrected chi connectivity index (χ1v) is 25.7. The molecule has 0 N–H and O–H groups in total. The van der Waals surface area contributed by atoms with Gasteiger partial charge >= 0.3 is 11.9 Å². The summed E-state index contributed by atoms with van der Waals surface area (Å²) in [6, 6.07) is 0. The van der Waals surface area contributed by atoms with Crippen molar-refractivity contribution < 1.29 is 23.8 Å². The zero-order chi connectivity index (χ0) is 46.3. The minimum Gasteiger partial charge on any atom is -0.462 e. The Morgan fingerprint density at radius 3 is 1.12 bits per heavy atom. The fourth-order valence-electron chi connectivity index (χ4n) is 6.39. The van der Waals surface area contributed by atoms with Crippen molar-refractivity contribution in [2.75, 3.05) is 19.8 Å². The lowest BCUT2D eigenvalue weighted by atomic mass is 10.1. The van der Waals surface area contributed by atoms with E-state index in [4.69, 9.17) is 14.2 Å². The Kier molecular flexibility index (Phi) is 50.1. The topological polar surface area (TPSA) is 61.8 Å². The SMILES string of the molecule is CC/C=C\C/C=C\C/C=C\C/C=C\C/C=C\CCCCOCC(COC(=O)CCCCCC/C=C\C/C=C\C/C=C\C/C=C\CC)OC(=O)CCCCCCC/C=C\C/C=C\CCC. The van der Waals surface area contributed by atoms with E-state index in [1.165, 1.54) is 19.3 Å². The second-order valence-corrected chi connectivity index (χ2v) is 16.3. The number of esters is 2. The summed E-state index contributed by atoms with van der Waals surface area (Å²) in [5, 5.41) is 0. The summed E-state index contributed by atoms with van der Waals surface area (Å²) in [6.45, 7) is 7.37. The van der Waals surface area contributed by atoms with Crippen LogP contribution in [0.2, 0.25) is 0 Å². The molecule has 0 heterocycles. The summed E-state index contributed by atoms with van der Waals surface area (Å²) in [5.41, 5.74) is 0. The van der Waals surface area contributed by atoms with Crippen LogP contribution in [0.15, 0.2) is 134 Å². The van der Waals surface area contributed by atoms with Gasteiger partial charge in [0.25, 0.3) is 0 Å². The lowest BCUT2D eigenvalue weighted by Gasteiger charge is -2.18. The molecule has 0 radical (unpaired) electrons. The van der Waals surface area contributed by atoms with Crippen molar-refractivity contribution in [3.63, 3.8) is 0 Å². The summed E-state index contributed by atoms with van der Waals surface area (Å²) in [4.78, 5) is 25.4. The smallest absolute Gasteiger partial charge is 0.306 e. The molecule has 1 unspecified atom stereocenters. The van der Waals surface area contributed by atoms with E-state index in [0.29, 0.717) is 19.4 Å². The highest BCUT2D eigenvalue weighted by Crippen LogP contribution is 2.12. The normalized spacial score (nSPS) is 13.4. The maximum atomic E-state index is 12.8. The number of unbranched alkanes of at least 4 members (excludes halogenated alkanes) is 12. The van der Waals surface area contributed by atoms with Crippen LogP contribution in [-0.2, 0) is 23.8 Å². The van der Waals surface area contributed by atoms with Crippen molar-refractivity contribution in [2.45, 2.75) is 207 Å². The van der Waals surface area contributed by atoms with Crippen LogP contribution in [0, 0.1) is 0 Å². The molecular formula is C59H94O5. The second kappa shape index (κ2) is 53.4. The summed E-state index contributed by atoms with van der Waals surface area (Å²) in [6.07, 6.45) is 76.1. The molecule has 0 amide bonds. The predicted molar refractivity (Wildman–Crippen MR) is 278 cm³/mol. The Balaban J connectivity index is 4.44. The van der Waals surface area contributed by atoms with Gasteiger partial charge in [-0.15, -0.1) is 0 Å².